The quantitative estimate of drug-likeness (QED) is 0.726. The normalized spacial score (nSPS) is 16.8. The van der Waals surface area contributed by atoms with Crippen LogP contribution in [-0.2, 0) is 7.05 Å². The van der Waals surface area contributed by atoms with E-state index < -0.39 is 0 Å². The van der Waals surface area contributed by atoms with Crippen molar-refractivity contribution in [3.05, 3.63) is 48.5 Å². The van der Waals surface area contributed by atoms with E-state index in [1.54, 1.807) is 6.20 Å². The number of carbonyl (C=O) groups is 1. The van der Waals surface area contributed by atoms with E-state index in [0.717, 1.165) is 48.7 Å². The lowest BCUT2D eigenvalue weighted by molar-refractivity contribution is 0.246. The molecule has 1 atom stereocenters. The van der Waals surface area contributed by atoms with Crippen LogP contribution in [0.25, 0.3) is 11.5 Å². The molecule has 0 spiro atoms. The minimum absolute atomic E-state index is 0.0931. The smallest absolute Gasteiger partial charge is 0.319 e. The van der Waals surface area contributed by atoms with Gasteiger partial charge in [0.15, 0.2) is 0 Å². The Balaban J connectivity index is 1.34. The molecule has 1 unspecified atom stereocenters. The van der Waals surface area contributed by atoms with Gasteiger partial charge in [0.2, 0.25) is 5.89 Å². The first-order valence-electron chi connectivity index (χ1n) is 9.41. The van der Waals surface area contributed by atoms with Crippen molar-refractivity contribution in [3.63, 3.8) is 0 Å². The molecule has 2 N–H and O–H groups in total. The number of rotatable bonds is 4. The molecule has 1 aromatic carbocycles. The summed E-state index contributed by atoms with van der Waals surface area (Å²) < 4.78 is 7.17. The number of benzene rings is 1. The maximum absolute atomic E-state index is 12.4. The van der Waals surface area contributed by atoms with E-state index in [-0.39, 0.29) is 12.1 Å². The summed E-state index contributed by atoms with van der Waals surface area (Å²) in [4.78, 5) is 18.8. The van der Waals surface area contributed by atoms with Crippen molar-refractivity contribution in [1.29, 1.82) is 0 Å². The van der Waals surface area contributed by atoms with E-state index in [1.165, 1.54) is 6.26 Å². The van der Waals surface area contributed by atoms with Crippen LogP contribution < -0.4 is 15.5 Å². The molecule has 0 aliphatic carbocycles. The minimum atomic E-state index is -0.197. The number of urea groups is 1. The zero-order valence-corrected chi connectivity index (χ0v) is 16.1. The largest absolute Gasteiger partial charge is 0.445 e. The topological polar surface area (TPSA) is 88.2 Å². The molecule has 1 saturated heterocycles. The molecule has 4 rings (SSSR count). The summed E-state index contributed by atoms with van der Waals surface area (Å²) in [5.41, 5.74) is 2.59. The second-order valence-electron chi connectivity index (χ2n) is 7.07. The average Bonchev–Trinajstić information content (AvgIpc) is 3.32. The first-order chi connectivity index (χ1) is 13.6. The van der Waals surface area contributed by atoms with Gasteiger partial charge in [-0.25, -0.2) is 9.78 Å². The highest BCUT2D eigenvalue weighted by Crippen LogP contribution is 2.21. The molecule has 0 radical (unpaired) electrons. The van der Waals surface area contributed by atoms with Crippen LogP contribution in [0.5, 0.6) is 0 Å². The Morgan fingerprint density at radius 2 is 2.11 bits per heavy atom. The maximum atomic E-state index is 12.4. The number of aromatic nitrogens is 3. The fourth-order valence-electron chi connectivity index (χ4n) is 3.61. The van der Waals surface area contributed by atoms with Crippen LogP contribution in [0, 0.1) is 6.92 Å². The van der Waals surface area contributed by atoms with Crippen LogP contribution in [0.3, 0.4) is 0 Å². The fraction of sp³-hybridized carbons (Fsp3) is 0.350. The number of aryl methyl sites for hydroxylation is 2. The molecule has 2 aromatic heterocycles. The number of anilines is 2. The van der Waals surface area contributed by atoms with Gasteiger partial charge in [-0.1, -0.05) is 0 Å². The zero-order valence-electron chi connectivity index (χ0n) is 16.1. The summed E-state index contributed by atoms with van der Waals surface area (Å²) in [5, 5.41) is 10.4. The molecule has 8 nitrogen and oxygen atoms in total. The molecule has 146 valence electrons. The summed E-state index contributed by atoms with van der Waals surface area (Å²) in [5.74, 6) is 1.65. The van der Waals surface area contributed by atoms with E-state index in [0.29, 0.717) is 5.89 Å². The van der Waals surface area contributed by atoms with Crippen LogP contribution in [0.2, 0.25) is 0 Å². The lowest BCUT2D eigenvalue weighted by Gasteiger charge is -2.34. The summed E-state index contributed by atoms with van der Waals surface area (Å²) >= 11 is 0. The minimum Gasteiger partial charge on any atom is -0.445 e. The van der Waals surface area contributed by atoms with Crippen molar-refractivity contribution in [3.8, 4) is 11.5 Å². The molecular weight excluding hydrogens is 356 g/mol. The Hall–Kier alpha value is -3.29. The van der Waals surface area contributed by atoms with Crippen LogP contribution in [0.4, 0.5) is 16.3 Å². The van der Waals surface area contributed by atoms with Crippen molar-refractivity contribution in [2.45, 2.75) is 25.8 Å². The van der Waals surface area contributed by atoms with Crippen molar-refractivity contribution in [2.75, 3.05) is 23.3 Å². The zero-order chi connectivity index (χ0) is 19.5. The van der Waals surface area contributed by atoms with Crippen LogP contribution in [-0.4, -0.2) is 39.9 Å². The fourth-order valence-corrected chi connectivity index (χ4v) is 3.61. The van der Waals surface area contributed by atoms with Gasteiger partial charge in [-0.2, -0.15) is 5.10 Å². The van der Waals surface area contributed by atoms with Gasteiger partial charge in [0.1, 0.15) is 12.1 Å². The highest BCUT2D eigenvalue weighted by atomic mass is 16.3. The first kappa shape index (κ1) is 18.1. The lowest BCUT2D eigenvalue weighted by Crippen LogP contribution is -2.49. The Morgan fingerprint density at radius 1 is 1.29 bits per heavy atom. The molecule has 1 aliphatic heterocycles. The van der Waals surface area contributed by atoms with Gasteiger partial charge in [0.25, 0.3) is 0 Å². The van der Waals surface area contributed by atoms with E-state index in [1.807, 2.05) is 42.9 Å². The number of oxazole rings is 1. The van der Waals surface area contributed by atoms with Gasteiger partial charge in [0, 0.05) is 43.5 Å². The molecule has 1 fully saturated rings. The number of piperidine rings is 1. The molecular formula is C20H24N6O2. The summed E-state index contributed by atoms with van der Waals surface area (Å²) in [6, 6.07) is 9.39. The standard InChI is InChI=1S/C20H24N6O2/c1-14-12-18(25(2)24-14)26-10-3-4-17(13-26)23-20(27)22-16-7-5-15(6-8-16)19-21-9-11-28-19/h5-9,11-12,17H,3-4,10,13H2,1-2H3,(H2,22,23,27). The molecule has 3 heterocycles. The SMILES string of the molecule is Cc1cc(N2CCCC(NC(=O)Nc3ccc(-c4ncco4)cc3)C2)n(C)n1. The van der Waals surface area contributed by atoms with Crippen molar-refractivity contribution in [1.82, 2.24) is 20.1 Å². The van der Waals surface area contributed by atoms with E-state index in [4.69, 9.17) is 4.42 Å². The molecule has 28 heavy (non-hydrogen) atoms. The van der Waals surface area contributed by atoms with Gasteiger partial charge in [-0.05, 0) is 44.0 Å². The maximum Gasteiger partial charge on any atom is 0.319 e. The number of carbonyl (C=O) groups excluding carboxylic acids is 1. The van der Waals surface area contributed by atoms with Crippen molar-refractivity contribution < 1.29 is 9.21 Å². The number of amides is 2. The number of hydrogen-bond donors (Lipinski definition) is 2. The molecule has 2 amide bonds. The molecule has 8 heteroatoms. The van der Waals surface area contributed by atoms with Gasteiger partial charge < -0.3 is 20.0 Å². The van der Waals surface area contributed by atoms with Crippen LogP contribution in [0.15, 0.2) is 47.2 Å². The number of nitrogens with zero attached hydrogens (tertiary/aromatic N) is 4. The highest BCUT2D eigenvalue weighted by Gasteiger charge is 2.23. The van der Waals surface area contributed by atoms with Gasteiger partial charge in [-0.3, -0.25) is 4.68 Å². The van der Waals surface area contributed by atoms with E-state index >= 15 is 0 Å². The predicted octanol–water partition coefficient (Wildman–Crippen LogP) is 3.17. The van der Waals surface area contributed by atoms with Gasteiger partial charge in [0.05, 0.1) is 11.9 Å². The summed E-state index contributed by atoms with van der Waals surface area (Å²) in [6.07, 6.45) is 5.13. The Bertz CT molecular complexity index is 932. The van der Waals surface area contributed by atoms with E-state index in [9.17, 15) is 4.79 Å². The molecule has 0 bridgehead atoms. The molecule has 0 saturated carbocycles. The van der Waals surface area contributed by atoms with Crippen molar-refractivity contribution >= 4 is 17.5 Å². The summed E-state index contributed by atoms with van der Waals surface area (Å²) in [7, 11) is 1.95. The lowest BCUT2D eigenvalue weighted by atomic mass is 10.1. The Kier molecular flexibility index (Phi) is 5.01. The second-order valence-corrected chi connectivity index (χ2v) is 7.07. The third kappa shape index (κ3) is 4.00. The molecule has 3 aromatic rings. The van der Waals surface area contributed by atoms with E-state index in [2.05, 4.69) is 31.7 Å². The number of nitrogens with one attached hydrogen (secondary N) is 2. The summed E-state index contributed by atoms with van der Waals surface area (Å²) in [6.45, 7) is 3.74. The third-order valence-corrected chi connectivity index (χ3v) is 4.88. The van der Waals surface area contributed by atoms with Gasteiger partial charge in [-0.15, -0.1) is 0 Å². The average molecular weight is 380 g/mol. The van der Waals surface area contributed by atoms with Gasteiger partial charge >= 0.3 is 6.03 Å². The molecule has 1 aliphatic rings. The van der Waals surface area contributed by atoms with Crippen LogP contribution in [0.1, 0.15) is 18.5 Å². The van der Waals surface area contributed by atoms with Crippen LogP contribution >= 0.6 is 0 Å². The Morgan fingerprint density at radius 3 is 2.79 bits per heavy atom. The monoisotopic (exact) mass is 380 g/mol. The third-order valence-electron chi connectivity index (χ3n) is 4.88. The van der Waals surface area contributed by atoms with Crippen molar-refractivity contribution in [2.24, 2.45) is 7.05 Å². The highest BCUT2D eigenvalue weighted by molar-refractivity contribution is 5.89. The number of hydrogen-bond acceptors (Lipinski definition) is 5. The predicted molar refractivity (Wildman–Crippen MR) is 107 cm³/mol. The first-order valence-corrected chi connectivity index (χ1v) is 9.41. The second kappa shape index (κ2) is 7.75. The Labute approximate surface area is 163 Å².